The lowest BCUT2D eigenvalue weighted by atomic mass is 9.84. The molecule has 98 valence electrons. The zero-order valence-electron chi connectivity index (χ0n) is 10.3. The molecule has 2 unspecified atom stereocenters. The molecule has 1 saturated heterocycles. The Balaban J connectivity index is 2.08. The summed E-state index contributed by atoms with van der Waals surface area (Å²) in [5.41, 5.74) is 0.466. The molecule has 0 aromatic heterocycles. The topological polar surface area (TPSA) is 26.3 Å². The van der Waals surface area contributed by atoms with Crippen molar-refractivity contribution in [2.75, 3.05) is 13.2 Å². The fourth-order valence-corrected chi connectivity index (χ4v) is 2.76. The van der Waals surface area contributed by atoms with E-state index in [0.29, 0.717) is 18.8 Å². The average molecular weight is 315 g/mol. The molecule has 0 N–H and O–H groups in total. The van der Waals surface area contributed by atoms with Gasteiger partial charge in [0, 0.05) is 30.0 Å². The van der Waals surface area contributed by atoms with Crippen molar-refractivity contribution in [2.24, 2.45) is 11.8 Å². The molecule has 1 aliphatic heterocycles. The smallest absolute Gasteiger partial charge is 0.140 e. The Morgan fingerprint density at radius 1 is 1.56 bits per heavy atom. The van der Waals surface area contributed by atoms with Gasteiger partial charge in [-0.2, -0.15) is 0 Å². The lowest BCUT2D eigenvalue weighted by molar-refractivity contribution is -0.127. The van der Waals surface area contributed by atoms with Gasteiger partial charge in [-0.05, 0) is 36.1 Å². The van der Waals surface area contributed by atoms with Crippen LogP contribution in [0, 0.1) is 17.7 Å². The van der Waals surface area contributed by atoms with E-state index in [1.807, 2.05) is 6.92 Å². The molecule has 0 saturated carbocycles. The molecule has 1 aliphatic rings. The van der Waals surface area contributed by atoms with E-state index < -0.39 is 0 Å². The van der Waals surface area contributed by atoms with Crippen LogP contribution in [0.25, 0.3) is 0 Å². The Labute approximate surface area is 115 Å². The lowest BCUT2D eigenvalue weighted by Crippen LogP contribution is -2.32. The van der Waals surface area contributed by atoms with Crippen molar-refractivity contribution in [3.63, 3.8) is 0 Å². The first kappa shape index (κ1) is 13.7. The largest absolute Gasteiger partial charge is 0.381 e. The minimum absolute atomic E-state index is 0.00266. The first-order valence-electron chi connectivity index (χ1n) is 6.12. The molecular formula is C14H16BrFO2. The Morgan fingerprint density at radius 3 is 3.06 bits per heavy atom. The number of rotatable bonds is 3. The summed E-state index contributed by atoms with van der Waals surface area (Å²) in [5, 5.41) is 0. The maximum Gasteiger partial charge on any atom is 0.140 e. The van der Waals surface area contributed by atoms with Gasteiger partial charge in [-0.25, -0.2) is 4.39 Å². The third kappa shape index (κ3) is 3.18. The molecule has 2 rings (SSSR count). The van der Waals surface area contributed by atoms with Gasteiger partial charge >= 0.3 is 0 Å². The number of ketones is 1. The first-order chi connectivity index (χ1) is 8.58. The van der Waals surface area contributed by atoms with Gasteiger partial charge in [0.15, 0.2) is 0 Å². The maximum atomic E-state index is 13.6. The normalized spacial score (nSPS) is 23.9. The third-order valence-corrected chi connectivity index (χ3v) is 3.92. The summed E-state index contributed by atoms with van der Waals surface area (Å²) in [6.07, 6.45) is 0.913. The van der Waals surface area contributed by atoms with E-state index in [0.717, 1.165) is 10.9 Å². The van der Waals surface area contributed by atoms with E-state index >= 15 is 0 Å². The second kappa shape index (κ2) is 5.93. The molecule has 2 atom stereocenters. The van der Waals surface area contributed by atoms with Crippen LogP contribution < -0.4 is 0 Å². The number of ether oxygens (including phenoxy) is 1. The standard InChI is InChI=1S/C14H16BrFO2/c1-9-8-18-5-4-12(9)14(17)7-10-6-11(15)2-3-13(10)16/h2-3,6,9,12H,4-5,7-8H2,1H3. The van der Waals surface area contributed by atoms with Crippen LogP contribution in [0.5, 0.6) is 0 Å². The fourth-order valence-electron chi connectivity index (χ4n) is 2.36. The van der Waals surface area contributed by atoms with Crippen LogP contribution in [-0.2, 0) is 16.0 Å². The zero-order chi connectivity index (χ0) is 13.1. The summed E-state index contributed by atoms with van der Waals surface area (Å²) in [7, 11) is 0. The van der Waals surface area contributed by atoms with Crippen LogP contribution in [0.15, 0.2) is 22.7 Å². The number of Topliss-reactive ketones (excluding diaryl/α,β-unsaturated/α-hetero) is 1. The number of hydrogen-bond donors (Lipinski definition) is 0. The number of halogens is 2. The predicted molar refractivity (Wildman–Crippen MR) is 70.9 cm³/mol. The number of carbonyl (C=O) groups is 1. The quantitative estimate of drug-likeness (QED) is 0.855. The molecule has 0 aliphatic carbocycles. The second-order valence-electron chi connectivity index (χ2n) is 4.83. The zero-order valence-corrected chi connectivity index (χ0v) is 11.9. The SMILES string of the molecule is CC1COCCC1C(=O)Cc1cc(Br)ccc1F. The Bertz CT molecular complexity index is 447. The summed E-state index contributed by atoms with van der Waals surface area (Å²) in [5.74, 6) is 0.0210. The monoisotopic (exact) mass is 314 g/mol. The first-order valence-corrected chi connectivity index (χ1v) is 6.91. The molecule has 0 radical (unpaired) electrons. The minimum Gasteiger partial charge on any atom is -0.381 e. The van der Waals surface area contributed by atoms with Crippen LogP contribution in [0.2, 0.25) is 0 Å². The van der Waals surface area contributed by atoms with Crippen LogP contribution in [0.4, 0.5) is 4.39 Å². The molecule has 0 spiro atoms. The fraction of sp³-hybridized carbons (Fsp3) is 0.500. The van der Waals surface area contributed by atoms with Crippen LogP contribution in [0.1, 0.15) is 18.9 Å². The van der Waals surface area contributed by atoms with Crippen molar-refractivity contribution in [1.29, 1.82) is 0 Å². The van der Waals surface area contributed by atoms with E-state index in [9.17, 15) is 9.18 Å². The van der Waals surface area contributed by atoms with E-state index in [1.165, 1.54) is 6.07 Å². The highest BCUT2D eigenvalue weighted by Crippen LogP contribution is 2.25. The average Bonchev–Trinajstić information content (AvgIpc) is 2.34. The van der Waals surface area contributed by atoms with Crippen molar-refractivity contribution in [1.82, 2.24) is 0 Å². The van der Waals surface area contributed by atoms with E-state index in [-0.39, 0.29) is 29.9 Å². The van der Waals surface area contributed by atoms with Gasteiger partial charge in [0.25, 0.3) is 0 Å². The molecule has 18 heavy (non-hydrogen) atoms. The van der Waals surface area contributed by atoms with Crippen LogP contribution in [-0.4, -0.2) is 19.0 Å². The Kier molecular flexibility index (Phi) is 4.51. The molecule has 2 nitrogen and oxygen atoms in total. The van der Waals surface area contributed by atoms with E-state index in [1.54, 1.807) is 12.1 Å². The Hall–Kier alpha value is -0.740. The summed E-state index contributed by atoms with van der Waals surface area (Å²) in [4.78, 5) is 12.2. The molecule has 1 heterocycles. The maximum absolute atomic E-state index is 13.6. The lowest BCUT2D eigenvalue weighted by Gasteiger charge is -2.27. The van der Waals surface area contributed by atoms with E-state index in [2.05, 4.69) is 15.9 Å². The molecule has 0 bridgehead atoms. The highest BCUT2D eigenvalue weighted by Gasteiger charge is 2.28. The summed E-state index contributed by atoms with van der Waals surface area (Å²) >= 11 is 3.30. The predicted octanol–water partition coefficient (Wildman–Crippen LogP) is 3.37. The molecule has 1 fully saturated rings. The van der Waals surface area contributed by atoms with E-state index in [4.69, 9.17) is 4.74 Å². The number of hydrogen-bond acceptors (Lipinski definition) is 2. The summed E-state index contributed by atoms with van der Waals surface area (Å²) in [6.45, 7) is 3.26. The van der Waals surface area contributed by atoms with Gasteiger partial charge in [-0.1, -0.05) is 22.9 Å². The van der Waals surface area contributed by atoms with Crippen molar-refractivity contribution in [3.05, 3.63) is 34.1 Å². The highest BCUT2D eigenvalue weighted by atomic mass is 79.9. The van der Waals surface area contributed by atoms with Crippen molar-refractivity contribution < 1.29 is 13.9 Å². The van der Waals surface area contributed by atoms with Gasteiger partial charge in [-0.3, -0.25) is 4.79 Å². The van der Waals surface area contributed by atoms with Crippen molar-refractivity contribution in [2.45, 2.75) is 19.8 Å². The number of carbonyl (C=O) groups excluding carboxylic acids is 1. The Morgan fingerprint density at radius 2 is 2.33 bits per heavy atom. The molecular weight excluding hydrogens is 299 g/mol. The van der Waals surface area contributed by atoms with Crippen molar-refractivity contribution in [3.8, 4) is 0 Å². The summed E-state index contributed by atoms with van der Waals surface area (Å²) in [6, 6.07) is 4.71. The summed E-state index contributed by atoms with van der Waals surface area (Å²) < 4.78 is 19.7. The van der Waals surface area contributed by atoms with Gasteiger partial charge in [0.05, 0.1) is 0 Å². The number of benzene rings is 1. The van der Waals surface area contributed by atoms with Gasteiger partial charge in [0.1, 0.15) is 11.6 Å². The van der Waals surface area contributed by atoms with Gasteiger partial charge in [-0.15, -0.1) is 0 Å². The van der Waals surface area contributed by atoms with Crippen LogP contribution >= 0.6 is 15.9 Å². The van der Waals surface area contributed by atoms with Crippen molar-refractivity contribution >= 4 is 21.7 Å². The molecule has 4 heteroatoms. The van der Waals surface area contributed by atoms with Gasteiger partial charge < -0.3 is 4.74 Å². The molecule has 1 aromatic carbocycles. The third-order valence-electron chi connectivity index (χ3n) is 3.43. The molecule has 1 aromatic rings. The highest BCUT2D eigenvalue weighted by molar-refractivity contribution is 9.10. The second-order valence-corrected chi connectivity index (χ2v) is 5.74. The van der Waals surface area contributed by atoms with Crippen LogP contribution in [0.3, 0.4) is 0 Å². The van der Waals surface area contributed by atoms with Gasteiger partial charge in [0.2, 0.25) is 0 Å². The minimum atomic E-state index is -0.314. The molecule has 0 amide bonds.